The van der Waals surface area contributed by atoms with Crippen molar-refractivity contribution in [1.29, 1.82) is 0 Å². The number of nitrogens with zero attached hydrogens (tertiary/aromatic N) is 2. The average Bonchev–Trinajstić information content (AvgIpc) is 2.40. The van der Waals surface area contributed by atoms with E-state index in [1.807, 2.05) is 37.4 Å². The van der Waals surface area contributed by atoms with Crippen LogP contribution in [0.25, 0.3) is 0 Å². The van der Waals surface area contributed by atoms with Crippen LogP contribution in [0.1, 0.15) is 23.6 Å². The molecule has 1 aromatic carbocycles. The third-order valence-corrected chi connectivity index (χ3v) is 3.61. The molecule has 112 valence electrons. The summed E-state index contributed by atoms with van der Waals surface area (Å²) in [6.45, 7) is 4.90. The second-order valence-electron chi connectivity index (χ2n) is 5.65. The van der Waals surface area contributed by atoms with Crippen molar-refractivity contribution in [3.8, 4) is 0 Å². The monoisotopic (exact) mass is 303 g/mol. The number of aryl methyl sites for hydroxylation is 1. The molecule has 1 aromatic heterocycles. The van der Waals surface area contributed by atoms with Gasteiger partial charge in [-0.3, -0.25) is 0 Å². The number of hydrogen-bond acceptors (Lipinski definition) is 3. The van der Waals surface area contributed by atoms with Gasteiger partial charge in [-0.1, -0.05) is 29.8 Å². The third-order valence-electron chi connectivity index (χ3n) is 3.36. The first kappa shape index (κ1) is 15.8. The van der Waals surface area contributed by atoms with Crippen molar-refractivity contribution in [3.63, 3.8) is 0 Å². The summed E-state index contributed by atoms with van der Waals surface area (Å²) in [4.78, 5) is 6.74. The molecule has 0 spiro atoms. The number of aromatic nitrogens is 1. The first-order chi connectivity index (χ1) is 9.95. The number of pyridine rings is 1. The molecule has 4 heteroatoms. The maximum absolute atomic E-state index is 5.91. The molecule has 0 fully saturated rings. The van der Waals surface area contributed by atoms with Crippen molar-refractivity contribution in [1.82, 2.24) is 4.98 Å². The number of anilines is 1. The Hall–Kier alpha value is -1.58. The smallest absolute Gasteiger partial charge is 0.131 e. The number of nitrogens with two attached hydrogens (primary N) is 1. The van der Waals surface area contributed by atoms with Crippen molar-refractivity contribution >= 4 is 17.4 Å². The summed E-state index contributed by atoms with van der Waals surface area (Å²) in [5.74, 6) is 0.998. The fourth-order valence-electron chi connectivity index (χ4n) is 2.45. The molecule has 2 rings (SSSR count). The summed E-state index contributed by atoms with van der Waals surface area (Å²) in [5.41, 5.74) is 9.41. The highest BCUT2D eigenvalue weighted by atomic mass is 35.5. The van der Waals surface area contributed by atoms with E-state index >= 15 is 0 Å². The molecule has 0 aliphatic rings. The van der Waals surface area contributed by atoms with E-state index in [-0.39, 0.29) is 6.04 Å². The molecule has 1 atom stereocenters. The van der Waals surface area contributed by atoms with Crippen LogP contribution in [0.2, 0.25) is 5.02 Å². The molecule has 0 aliphatic carbocycles. The Balaban J connectivity index is 2.11. The minimum absolute atomic E-state index is 0.156. The molecule has 0 saturated carbocycles. The molecule has 1 unspecified atom stereocenters. The van der Waals surface area contributed by atoms with Gasteiger partial charge in [0.05, 0.1) is 0 Å². The average molecular weight is 304 g/mol. The molecule has 0 amide bonds. The maximum Gasteiger partial charge on any atom is 0.131 e. The Morgan fingerprint density at radius 3 is 2.48 bits per heavy atom. The van der Waals surface area contributed by atoms with Gasteiger partial charge in [-0.15, -0.1) is 0 Å². The lowest BCUT2D eigenvalue weighted by Gasteiger charge is -2.21. The zero-order valence-corrected chi connectivity index (χ0v) is 13.6. The van der Waals surface area contributed by atoms with Crippen molar-refractivity contribution < 1.29 is 0 Å². The molecule has 2 aromatic rings. The van der Waals surface area contributed by atoms with E-state index in [4.69, 9.17) is 17.3 Å². The van der Waals surface area contributed by atoms with Crippen molar-refractivity contribution in [2.45, 2.75) is 32.9 Å². The van der Waals surface area contributed by atoms with Gasteiger partial charge in [0.2, 0.25) is 0 Å². The highest BCUT2D eigenvalue weighted by Gasteiger charge is 2.09. The Kier molecular flexibility index (Phi) is 5.21. The lowest BCUT2D eigenvalue weighted by Crippen LogP contribution is -2.20. The quantitative estimate of drug-likeness (QED) is 0.918. The minimum atomic E-state index is 0.156. The first-order valence-corrected chi connectivity index (χ1v) is 7.50. The second kappa shape index (κ2) is 6.92. The van der Waals surface area contributed by atoms with Gasteiger partial charge in [0, 0.05) is 30.9 Å². The van der Waals surface area contributed by atoms with E-state index in [2.05, 4.69) is 29.9 Å². The van der Waals surface area contributed by atoms with E-state index in [1.54, 1.807) is 0 Å². The SMILES string of the molecule is Cc1cc(CC(C)N)cnc1N(C)Cc1ccc(Cl)cc1. The molecule has 2 N–H and O–H groups in total. The largest absolute Gasteiger partial charge is 0.355 e. The fourth-order valence-corrected chi connectivity index (χ4v) is 2.57. The topological polar surface area (TPSA) is 42.1 Å². The van der Waals surface area contributed by atoms with Crippen molar-refractivity contribution in [2.75, 3.05) is 11.9 Å². The Morgan fingerprint density at radius 2 is 1.90 bits per heavy atom. The summed E-state index contributed by atoms with van der Waals surface area (Å²) in [5, 5.41) is 0.760. The minimum Gasteiger partial charge on any atom is -0.355 e. The Bertz CT molecular complexity index is 593. The van der Waals surface area contributed by atoms with E-state index in [1.165, 1.54) is 16.7 Å². The molecule has 1 heterocycles. The van der Waals surface area contributed by atoms with E-state index in [9.17, 15) is 0 Å². The van der Waals surface area contributed by atoms with Crippen LogP contribution in [0.3, 0.4) is 0 Å². The molecule has 21 heavy (non-hydrogen) atoms. The molecule has 3 nitrogen and oxygen atoms in total. The first-order valence-electron chi connectivity index (χ1n) is 7.12. The van der Waals surface area contributed by atoms with E-state index < -0.39 is 0 Å². The number of benzene rings is 1. The standard InChI is InChI=1S/C17H22ClN3/c1-12-8-15(9-13(2)19)10-20-17(12)21(3)11-14-4-6-16(18)7-5-14/h4-8,10,13H,9,11,19H2,1-3H3. The van der Waals surface area contributed by atoms with Gasteiger partial charge in [0.15, 0.2) is 0 Å². The summed E-state index contributed by atoms with van der Waals surface area (Å²) in [7, 11) is 2.05. The van der Waals surface area contributed by atoms with Crippen molar-refractivity contribution in [3.05, 3.63) is 58.2 Å². The molecule has 0 radical (unpaired) electrons. The van der Waals surface area contributed by atoms with Crippen LogP contribution in [0, 0.1) is 6.92 Å². The Labute approximate surface area is 131 Å². The normalized spacial score (nSPS) is 12.2. The van der Waals surface area contributed by atoms with Crippen LogP contribution in [-0.4, -0.2) is 18.1 Å². The van der Waals surface area contributed by atoms with Gasteiger partial charge >= 0.3 is 0 Å². The summed E-state index contributed by atoms with van der Waals surface area (Å²) in [6, 6.07) is 10.2. The highest BCUT2D eigenvalue weighted by Crippen LogP contribution is 2.20. The molecular formula is C17H22ClN3. The van der Waals surface area contributed by atoms with Crippen LogP contribution >= 0.6 is 11.6 Å². The van der Waals surface area contributed by atoms with Gasteiger partial charge in [-0.2, -0.15) is 0 Å². The van der Waals surface area contributed by atoms with Crippen molar-refractivity contribution in [2.24, 2.45) is 5.73 Å². The van der Waals surface area contributed by atoms with Gasteiger partial charge in [-0.05, 0) is 49.1 Å². The van der Waals surface area contributed by atoms with Crippen LogP contribution in [0.5, 0.6) is 0 Å². The highest BCUT2D eigenvalue weighted by molar-refractivity contribution is 6.30. The second-order valence-corrected chi connectivity index (χ2v) is 6.08. The van der Waals surface area contributed by atoms with Crippen LogP contribution in [-0.2, 0) is 13.0 Å². The molecule has 0 bridgehead atoms. The number of rotatable bonds is 5. The zero-order valence-electron chi connectivity index (χ0n) is 12.8. The Morgan fingerprint density at radius 1 is 1.24 bits per heavy atom. The van der Waals surface area contributed by atoms with Gasteiger partial charge in [-0.25, -0.2) is 4.98 Å². The van der Waals surface area contributed by atoms with Crippen LogP contribution in [0.4, 0.5) is 5.82 Å². The van der Waals surface area contributed by atoms with Crippen LogP contribution in [0.15, 0.2) is 36.5 Å². The fraction of sp³-hybridized carbons (Fsp3) is 0.353. The van der Waals surface area contributed by atoms with Gasteiger partial charge in [0.25, 0.3) is 0 Å². The summed E-state index contributed by atoms with van der Waals surface area (Å²) >= 11 is 5.91. The lowest BCUT2D eigenvalue weighted by molar-refractivity contribution is 0.734. The summed E-state index contributed by atoms with van der Waals surface area (Å²) in [6.07, 6.45) is 2.78. The predicted molar refractivity (Wildman–Crippen MR) is 89.9 cm³/mol. The number of hydrogen-bond donors (Lipinski definition) is 1. The molecule has 0 saturated heterocycles. The number of halogens is 1. The molecular weight excluding hydrogens is 282 g/mol. The van der Waals surface area contributed by atoms with E-state index in [0.717, 1.165) is 23.8 Å². The molecule has 0 aliphatic heterocycles. The predicted octanol–water partition coefficient (Wildman–Crippen LogP) is 3.57. The summed E-state index contributed by atoms with van der Waals surface area (Å²) < 4.78 is 0. The van der Waals surface area contributed by atoms with Gasteiger partial charge in [0.1, 0.15) is 5.82 Å². The van der Waals surface area contributed by atoms with Gasteiger partial charge < -0.3 is 10.6 Å². The van der Waals surface area contributed by atoms with E-state index in [0.29, 0.717) is 0 Å². The lowest BCUT2D eigenvalue weighted by atomic mass is 10.1. The zero-order chi connectivity index (χ0) is 15.4. The maximum atomic E-state index is 5.91. The third kappa shape index (κ3) is 4.45. The van der Waals surface area contributed by atoms with Crippen LogP contribution < -0.4 is 10.6 Å².